The fourth-order valence-electron chi connectivity index (χ4n) is 2.08. The molecular weight excluding hydrogens is 273 g/mol. The summed E-state index contributed by atoms with van der Waals surface area (Å²) in [5, 5.41) is 12.0. The van der Waals surface area contributed by atoms with Crippen molar-refractivity contribution in [2.75, 3.05) is 18.4 Å². The van der Waals surface area contributed by atoms with E-state index >= 15 is 0 Å². The first-order valence-electron chi connectivity index (χ1n) is 6.27. The molecular formula is C13H15F3N2O2. The fraction of sp³-hybridized carbons (Fsp3) is 0.462. The summed E-state index contributed by atoms with van der Waals surface area (Å²) < 4.78 is 37.2. The molecule has 1 saturated heterocycles. The van der Waals surface area contributed by atoms with Crippen LogP contribution in [0.4, 0.5) is 23.7 Å². The molecule has 2 N–H and O–H groups in total. The van der Waals surface area contributed by atoms with E-state index in [1.54, 1.807) is 0 Å². The Morgan fingerprint density at radius 2 is 1.95 bits per heavy atom. The van der Waals surface area contributed by atoms with Crippen molar-refractivity contribution >= 4 is 11.7 Å². The predicted octanol–water partition coefficient (Wildman–Crippen LogP) is 2.69. The highest BCUT2D eigenvalue weighted by Gasteiger charge is 2.30. The van der Waals surface area contributed by atoms with Crippen molar-refractivity contribution in [2.24, 2.45) is 0 Å². The van der Waals surface area contributed by atoms with Crippen LogP contribution in [0.3, 0.4) is 0 Å². The topological polar surface area (TPSA) is 52.6 Å². The molecule has 1 aliphatic rings. The third-order valence-corrected chi connectivity index (χ3v) is 3.15. The van der Waals surface area contributed by atoms with Crippen LogP contribution < -0.4 is 5.32 Å². The van der Waals surface area contributed by atoms with Gasteiger partial charge in [-0.1, -0.05) is 0 Å². The second-order valence-corrected chi connectivity index (χ2v) is 4.75. The Hall–Kier alpha value is -1.76. The van der Waals surface area contributed by atoms with E-state index in [9.17, 15) is 23.1 Å². The van der Waals surface area contributed by atoms with Crippen molar-refractivity contribution < 1.29 is 23.1 Å². The molecule has 1 aromatic rings. The van der Waals surface area contributed by atoms with Gasteiger partial charge in [-0.2, -0.15) is 13.2 Å². The molecule has 0 aliphatic carbocycles. The lowest BCUT2D eigenvalue weighted by Crippen LogP contribution is -2.44. The molecule has 0 spiro atoms. The minimum atomic E-state index is -4.39. The number of carbonyl (C=O) groups excluding carboxylic acids is 1. The number of urea groups is 1. The SMILES string of the molecule is O=C(Nc1ccc(C(F)(F)F)cc1)N1CCC[C@H](O)C1. The van der Waals surface area contributed by atoms with Crippen LogP contribution in [0.15, 0.2) is 24.3 Å². The smallest absolute Gasteiger partial charge is 0.391 e. The Bertz CT molecular complexity index is 473. The lowest BCUT2D eigenvalue weighted by molar-refractivity contribution is -0.137. The molecule has 2 rings (SSSR count). The number of hydrogen-bond acceptors (Lipinski definition) is 2. The quantitative estimate of drug-likeness (QED) is 0.834. The van der Waals surface area contributed by atoms with Crippen LogP contribution in [0.2, 0.25) is 0 Å². The average molecular weight is 288 g/mol. The summed E-state index contributed by atoms with van der Waals surface area (Å²) in [6, 6.07) is 3.84. The van der Waals surface area contributed by atoms with Gasteiger partial charge in [0.1, 0.15) is 0 Å². The molecule has 0 radical (unpaired) electrons. The van der Waals surface area contributed by atoms with E-state index in [1.165, 1.54) is 17.0 Å². The zero-order valence-electron chi connectivity index (χ0n) is 10.7. The van der Waals surface area contributed by atoms with Gasteiger partial charge in [-0.3, -0.25) is 0 Å². The standard InChI is InChI=1S/C13H15F3N2O2/c14-13(15,16)9-3-5-10(6-4-9)17-12(20)18-7-1-2-11(19)8-18/h3-6,11,19H,1-2,7-8H2,(H,17,20)/t11-/m0/s1. The van der Waals surface area contributed by atoms with Crippen molar-refractivity contribution in [1.29, 1.82) is 0 Å². The first kappa shape index (κ1) is 14.6. The summed E-state index contributed by atoms with van der Waals surface area (Å²) >= 11 is 0. The van der Waals surface area contributed by atoms with E-state index in [0.717, 1.165) is 12.1 Å². The number of piperidine rings is 1. The Balaban J connectivity index is 1.97. The molecule has 1 fully saturated rings. The minimum absolute atomic E-state index is 0.243. The van der Waals surface area contributed by atoms with E-state index in [1.807, 2.05) is 0 Å². The molecule has 1 aliphatic heterocycles. The van der Waals surface area contributed by atoms with Crippen LogP contribution in [-0.4, -0.2) is 35.2 Å². The first-order valence-corrected chi connectivity index (χ1v) is 6.27. The van der Waals surface area contributed by atoms with Crippen molar-refractivity contribution in [3.05, 3.63) is 29.8 Å². The van der Waals surface area contributed by atoms with E-state index in [2.05, 4.69) is 5.32 Å². The minimum Gasteiger partial charge on any atom is -0.391 e. The zero-order valence-corrected chi connectivity index (χ0v) is 10.7. The number of rotatable bonds is 1. The van der Waals surface area contributed by atoms with Gasteiger partial charge in [0.2, 0.25) is 0 Å². The Morgan fingerprint density at radius 3 is 2.50 bits per heavy atom. The lowest BCUT2D eigenvalue weighted by atomic mass is 10.1. The van der Waals surface area contributed by atoms with Crippen molar-refractivity contribution in [1.82, 2.24) is 4.90 Å². The highest BCUT2D eigenvalue weighted by Crippen LogP contribution is 2.29. The number of nitrogens with one attached hydrogen (secondary N) is 1. The van der Waals surface area contributed by atoms with Crippen LogP contribution in [0, 0.1) is 0 Å². The third-order valence-electron chi connectivity index (χ3n) is 3.15. The van der Waals surface area contributed by atoms with Gasteiger partial charge in [0.05, 0.1) is 11.7 Å². The van der Waals surface area contributed by atoms with Crippen LogP contribution in [0.1, 0.15) is 18.4 Å². The number of hydrogen-bond donors (Lipinski definition) is 2. The summed E-state index contributed by atoms with van der Waals surface area (Å²) in [5.41, 5.74) is -0.466. The summed E-state index contributed by atoms with van der Waals surface area (Å²) in [7, 11) is 0. The molecule has 110 valence electrons. The predicted molar refractivity (Wildman–Crippen MR) is 67.3 cm³/mol. The van der Waals surface area contributed by atoms with Gasteiger partial charge in [-0.15, -0.1) is 0 Å². The lowest BCUT2D eigenvalue weighted by Gasteiger charge is -2.30. The number of aliphatic hydroxyl groups excluding tert-OH is 1. The summed E-state index contributed by atoms with van der Waals surface area (Å²) in [6.45, 7) is 0.774. The fourth-order valence-corrected chi connectivity index (χ4v) is 2.08. The molecule has 0 saturated carbocycles. The molecule has 1 aromatic carbocycles. The van der Waals surface area contributed by atoms with E-state index < -0.39 is 23.9 Å². The monoisotopic (exact) mass is 288 g/mol. The number of carbonyl (C=O) groups is 1. The Kier molecular flexibility index (Phi) is 4.17. The summed E-state index contributed by atoms with van der Waals surface area (Å²) in [4.78, 5) is 13.3. The Morgan fingerprint density at radius 1 is 1.30 bits per heavy atom. The molecule has 0 aromatic heterocycles. The van der Waals surface area contributed by atoms with Crippen LogP contribution in [0.25, 0.3) is 0 Å². The third kappa shape index (κ3) is 3.63. The number of nitrogens with zero attached hydrogens (tertiary/aromatic N) is 1. The van der Waals surface area contributed by atoms with Crippen LogP contribution in [0.5, 0.6) is 0 Å². The number of anilines is 1. The molecule has 7 heteroatoms. The maximum absolute atomic E-state index is 12.4. The average Bonchev–Trinajstić information content (AvgIpc) is 2.38. The maximum atomic E-state index is 12.4. The van der Waals surface area contributed by atoms with Gasteiger partial charge in [-0.25, -0.2) is 4.79 Å². The number of β-amino-alcohol motifs (C(OH)–C–C–N with tert-alkyl or cyclic N) is 1. The molecule has 0 unspecified atom stereocenters. The largest absolute Gasteiger partial charge is 0.416 e. The van der Waals surface area contributed by atoms with Crippen LogP contribution >= 0.6 is 0 Å². The van der Waals surface area contributed by atoms with Crippen molar-refractivity contribution in [2.45, 2.75) is 25.1 Å². The number of amides is 2. The number of alkyl halides is 3. The van der Waals surface area contributed by atoms with Crippen molar-refractivity contribution in [3.8, 4) is 0 Å². The van der Waals surface area contributed by atoms with E-state index in [0.29, 0.717) is 25.1 Å². The van der Waals surface area contributed by atoms with Gasteiger partial charge in [-0.05, 0) is 37.1 Å². The van der Waals surface area contributed by atoms with E-state index in [-0.39, 0.29) is 6.54 Å². The summed E-state index contributed by atoms with van der Waals surface area (Å²) in [5.74, 6) is 0. The number of likely N-dealkylation sites (tertiary alicyclic amines) is 1. The second-order valence-electron chi connectivity index (χ2n) is 4.75. The molecule has 20 heavy (non-hydrogen) atoms. The Labute approximate surface area is 114 Å². The van der Waals surface area contributed by atoms with Gasteiger partial charge < -0.3 is 15.3 Å². The van der Waals surface area contributed by atoms with Gasteiger partial charge >= 0.3 is 12.2 Å². The molecule has 2 amide bonds. The first-order chi connectivity index (χ1) is 9.36. The van der Waals surface area contributed by atoms with E-state index in [4.69, 9.17) is 0 Å². The summed E-state index contributed by atoms with van der Waals surface area (Å²) in [6.07, 6.45) is -3.56. The number of benzene rings is 1. The van der Waals surface area contributed by atoms with Gasteiger partial charge in [0, 0.05) is 18.8 Å². The highest BCUT2D eigenvalue weighted by atomic mass is 19.4. The van der Waals surface area contributed by atoms with Gasteiger partial charge in [0.15, 0.2) is 0 Å². The number of aliphatic hydroxyl groups is 1. The zero-order chi connectivity index (χ0) is 14.8. The molecule has 0 bridgehead atoms. The molecule has 4 nitrogen and oxygen atoms in total. The molecule has 1 heterocycles. The van der Waals surface area contributed by atoms with Gasteiger partial charge in [0.25, 0.3) is 0 Å². The second kappa shape index (κ2) is 5.70. The maximum Gasteiger partial charge on any atom is 0.416 e. The van der Waals surface area contributed by atoms with Crippen molar-refractivity contribution in [3.63, 3.8) is 0 Å². The normalized spacial score (nSPS) is 19.8. The molecule has 1 atom stereocenters. The number of halogens is 3. The van der Waals surface area contributed by atoms with Crippen LogP contribution in [-0.2, 0) is 6.18 Å². The highest BCUT2D eigenvalue weighted by molar-refractivity contribution is 5.89.